The maximum Gasteiger partial charge on any atom is 0.338 e. The lowest BCUT2D eigenvalue weighted by Gasteiger charge is -2.37. The summed E-state index contributed by atoms with van der Waals surface area (Å²) in [5, 5.41) is 16.7. The molecule has 0 aliphatic carbocycles. The number of cyclic esters (lactones) is 1. The van der Waals surface area contributed by atoms with Gasteiger partial charge in [-0.2, -0.15) is 0 Å². The molecule has 0 radical (unpaired) electrons. The molecule has 2 aromatic heterocycles. The van der Waals surface area contributed by atoms with Gasteiger partial charge in [0.25, 0.3) is 11.8 Å². The van der Waals surface area contributed by atoms with Crippen LogP contribution in [0.1, 0.15) is 90.7 Å². The molecule has 2 aromatic carbocycles. The number of benzene rings is 2. The van der Waals surface area contributed by atoms with Gasteiger partial charge in [0.05, 0.1) is 36.6 Å². The van der Waals surface area contributed by atoms with Gasteiger partial charge >= 0.3 is 11.9 Å². The SMILES string of the molecule is CCOC(=O)[C@H]1O[C@@H]1C(=O)N1CC[C@H](C(=O)N(C)[C@H](C(=O)N[C@H]2Cc3cc(O)cc(c3)-c3ccc4c(c3)c(c(-c3cccnc3[C@H](C)OC)n4CC)CC(C)(C)COC(=O)[C@@H]3CCCN(N3)C2=O)C(C)C)C1. The second-order valence-corrected chi connectivity index (χ2v) is 20.7. The lowest BCUT2D eigenvalue weighted by Crippen LogP contribution is -2.62. The summed E-state index contributed by atoms with van der Waals surface area (Å²) in [6, 6.07) is 12.3. The van der Waals surface area contributed by atoms with E-state index < -0.39 is 77.2 Å². The van der Waals surface area contributed by atoms with Gasteiger partial charge in [-0.25, -0.2) is 10.2 Å². The Kier molecular flexibility index (Phi) is 15.4. The summed E-state index contributed by atoms with van der Waals surface area (Å²) in [6.07, 6.45) is 1.28. The molecule has 3 N–H and O–H groups in total. The molecule has 4 aliphatic heterocycles. The van der Waals surface area contributed by atoms with Crippen LogP contribution in [0.3, 0.4) is 0 Å². The summed E-state index contributed by atoms with van der Waals surface area (Å²) in [7, 11) is 3.21. The second kappa shape index (κ2) is 21.4. The maximum atomic E-state index is 14.8. The Bertz CT molecular complexity index is 2740. The van der Waals surface area contributed by atoms with E-state index in [1.165, 1.54) is 14.8 Å². The second-order valence-electron chi connectivity index (χ2n) is 20.7. The van der Waals surface area contributed by atoms with Crippen LogP contribution < -0.4 is 10.7 Å². The zero-order chi connectivity index (χ0) is 51.8. The lowest BCUT2D eigenvalue weighted by molar-refractivity contribution is -0.155. The third kappa shape index (κ3) is 10.7. The largest absolute Gasteiger partial charge is 0.508 e. The number of hydrogen-bond acceptors (Lipinski definition) is 13. The molecule has 3 saturated heterocycles. The number of pyridine rings is 1. The number of carbonyl (C=O) groups excluding carboxylic acids is 6. The number of phenols is 1. The average molecular weight is 992 g/mol. The standard InChI is InChI=1S/C54H69N7O11/c1-10-60-42-17-16-33-26-38(42)39(45(60)37-14-12-19-55-43(37)31(5)69-9)27-54(6,7)29-71-52(67)40-15-13-20-61(57-40)50(65)41(24-32-22-35(33)25-36(62)23-32)56-48(63)44(30(3)4)58(8)49(64)34-18-21-59(28-34)51(66)46-47(72-46)53(68)70-11-2/h12,14,16-17,19,22-23,25-26,30-31,34,40-41,44,46-47,57,62H,10-11,13,15,18,20-21,24,27-29H2,1-9H3,(H,56,63)/t31-,34-,40-,41-,44-,46-,47-/m0/s1. The Morgan fingerprint density at radius 2 is 1.79 bits per heavy atom. The first-order valence-corrected chi connectivity index (χ1v) is 25.2. The number of amides is 4. The number of esters is 2. The molecule has 0 saturated carbocycles. The fraction of sp³-hybridized carbons (Fsp3) is 0.537. The molecule has 4 aromatic rings. The van der Waals surface area contributed by atoms with E-state index in [9.17, 15) is 33.9 Å². The minimum atomic E-state index is -1.21. The van der Waals surface area contributed by atoms with Crippen LogP contribution in [0.2, 0.25) is 0 Å². The number of hydrazine groups is 1. The molecule has 386 valence electrons. The van der Waals surface area contributed by atoms with Crippen molar-refractivity contribution in [3.8, 4) is 28.1 Å². The molecule has 72 heavy (non-hydrogen) atoms. The van der Waals surface area contributed by atoms with Gasteiger partial charge in [0.15, 0.2) is 12.2 Å². The Morgan fingerprint density at radius 3 is 2.51 bits per heavy atom. The first kappa shape index (κ1) is 52.0. The van der Waals surface area contributed by atoms with Gasteiger partial charge in [-0.05, 0) is 111 Å². The van der Waals surface area contributed by atoms with Crippen LogP contribution in [0.5, 0.6) is 5.75 Å². The van der Waals surface area contributed by atoms with E-state index in [1.54, 1.807) is 39.4 Å². The summed E-state index contributed by atoms with van der Waals surface area (Å²) < 4.78 is 24.5. The van der Waals surface area contributed by atoms with Crippen LogP contribution >= 0.6 is 0 Å². The zero-order valence-corrected chi connectivity index (χ0v) is 42.9. The van der Waals surface area contributed by atoms with Crippen molar-refractivity contribution in [1.82, 2.24) is 35.1 Å². The Hall–Kier alpha value is -6.37. The molecule has 7 atom stereocenters. The topological polar surface area (TPSA) is 214 Å². The minimum absolute atomic E-state index is 0.0331. The maximum absolute atomic E-state index is 14.8. The number of likely N-dealkylation sites (tertiary alicyclic amines) is 1. The van der Waals surface area contributed by atoms with Crippen molar-refractivity contribution in [3.63, 3.8) is 0 Å². The molecular formula is C54H69N7O11. The fourth-order valence-corrected chi connectivity index (χ4v) is 10.7. The molecule has 6 heterocycles. The highest BCUT2D eigenvalue weighted by atomic mass is 16.6. The summed E-state index contributed by atoms with van der Waals surface area (Å²) in [4.78, 5) is 90.7. The number of aromatic nitrogens is 2. The van der Waals surface area contributed by atoms with Crippen molar-refractivity contribution in [1.29, 1.82) is 0 Å². The van der Waals surface area contributed by atoms with Crippen LogP contribution in [0, 0.1) is 17.3 Å². The predicted molar refractivity (Wildman–Crippen MR) is 267 cm³/mol. The number of fused-ring (bicyclic) bond motifs is 6. The number of likely N-dealkylation sites (N-methyl/N-ethyl adjacent to an activating group) is 1. The van der Waals surface area contributed by atoms with E-state index in [1.807, 2.05) is 39.0 Å². The third-order valence-corrected chi connectivity index (χ3v) is 14.4. The van der Waals surface area contributed by atoms with E-state index in [4.69, 9.17) is 23.9 Å². The van der Waals surface area contributed by atoms with E-state index >= 15 is 0 Å². The third-order valence-electron chi connectivity index (χ3n) is 14.4. The number of rotatable bonds is 12. The number of aryl methyl sites for hydroxylation is 1. The molecule has 0 unspecified atom stereocenters. The molecule has 4 amide bonds. The highest BCUT2D eigenvalue weighted by molar-refractivity contribution is 5.97. The molecule has 18 heteroatoms. The number of hydrogen-bond donors (Lipinski definition) is 3. The molecule has 4 aliphatic rings. The number of carbonyl (C=O) groups is 6. The van der Waals surface area contributed by atoms with Crippen molar-refractivity contribution >= 4 is 46.5 Å². The number of phenolic OH excluding ortho intramolecular Hbond substituents is 1. The summed E-state index contributed by atoms with van der Waals surface area (Å²) in [5.41, 5.74) is 9.37. The molecule has 18 nitrogen and oxygen atoms in total. The normalized spacial score (nSPS) is 23.0. The van der Waals surface area contributed by atoms with Crippen molar-refractivity contribution < 1.29 is 52.8 Å². The molecule has 6 bridgehead atoms. The van der Waals surface area contributed by atoms with Crippen LogP contribution in [0.15, 0.2) is 54.7 Å². The van der Waals surface area contributed by atoms with E-state index in [2.05, 4.69) is 54.3 Å². The first-order valence-electron chi connectivity index (χ1n) is 25.2. The van der Waals surface area contributed by atoms with Gasteiger partial charge in [-0.15, -0.1) is 0 Å². The van der Waals surface area contributed by atoms with E-state index in [0.717, 1.165) is 39.0 Å². The summed E-state index contributed by atoms with van der Waals surface area (Å²) >= 11 is 0. The van der Waals surface area contributed by atoms with E-state index in [0.29, 0.717) is 43.4 Å². The van der Waals surface area contributed by atoms with Crippen LogP contribution in [0.4, 0.5) is 0 Å². The number of nitrogens with zero attached hydrogens (tertiary/aromatic N) is 5. The number of epoxide rings is 1. The molecule has 0 spiro atoms. The van der Waals surface area contributed by atoms with Crippen LogP contribution in [0.25, 0.3) is 33.3 Å². The number of aromatic hydroxyl groups is 1. The van der Waals surface area contributed by atoms with Crippen LogP contribution in [-0.2, 0) is 67.1 Å². The van der Waals surface area contributed by atoms with Crippen molar-refractivity contribution in [2.45, 2.75) is 124 Å². The number of nitrogens with one attached hydrogen (secondary N) is 2. The van der Waals surface area contributed by atoms with Gasteiger partial charge in [0.2, 0.25) is 11.8 Å². The highest BCUT2D eigenvalue weighted by Crippen LogP contribution is 2.42. The fourth-order valence-electron chi connectivity index (χ4n) is 10.7. The summed E-state index contributed by atoms with van der Waals surface area (Å²) in [6.45, 7) is 15.0. The van der Waals surface area contributed by atoms with Crippen molar-refractivity contribution in [2.75, 3.05) is 47.0 Å². The monoisotopic (exact) mass is 992 g/mol. The van der Waals surface area contributed by atoms with Gasteiger partial charge in [0, 0.05) is 74.8 Å². The average Bonchev–Trinajstić information content (AvgIpc) is 3.91. The quantitative estimate of drug-likeness (QED) is 0.125. The predicted octanol–water partition coefficient (Wildman–Crippen LogP) is 5.11. The first-order chi connectivity index (χ1) is 34.3. The lowest BCUT2D eigenvalue weighted by atomic mass is 9.84. The van der Waals surface area contributed by atoms with Gasteiger partial charge < -0.3 is 43.7 Å². The van der Waals surface area contributed by atoms with Gasteiger partial charge in [0.1, 0.15) is 23.9 Å². The summed E-state index contributed by atoms with van der Waals surface area (Å²) in [5.74, 6) is -3.98. The molecular weight excluding hydrogens is 923 g/mol. The Balaban J connectivity index is 1.13. The highest BCUT2D eigenvalue weighted by Gasteiger charge is 2.54. The smallest absolute Gasteiger partial charge is 0.338 e. The number of ether oxygens (including phenoxy) is 4. The van der Waals surface area contributed by atoms with Crippen molar-refractivity contribution in [2.24, 2.45) is 17.3 Å². The van der Waals surface area contributed by atoms with E-state index in [-0.39, 0.29) is 57.0 Å². The van der Waals surface area contributed by atoms with Gasteiger partial charge in [-0.1, -0.05) is 39.8 Å². The van der Waals surface area contributed by atoms with Crippen molar-refractivity contribution in [3.05, 3.63) is 71.5 Å². The van der Waals surface area contributed by atoms with Gasteiger partial charge in [-0.3, -0.25) is 34.0 Å². The zero-order valence-electron chi connectivity index (χ0n) is 42.9. The molecule has 3 fully saturated rings. The van der Waals surface area contributed by atoms with Crippen LogP contribution in [-0.4, -0.2) is 142 Å². The molecule has 8 rings (SSSR count). The Labute approximate surface area is 420 Å². The Morgan fingerprint density at radius 1 is 1.01 bits per heavy atom. The number of methoxy groups -OCH3 is 1. The minimum Gasteiger partial charge on any atom is -0.508 e.